The molecule has 94 valence electrons. The summed E-state index contributed by atoms with van der Waals surface area (Å²) in [6.45, 7) is 5.91. The van der Waals surface area contributed by atoms with E-state index in [-0.39, 0.29) is 11.9 Å². The molecule has 17 heavy (non-hydrogen) atoms. The molecule has 2 heterocycles. The zero-order valence-electron chi connectivity index (χ0n) is 10.4. The number of hydrogen-bond donors (Lipinski definition) is 2. The Labute approximate surface area is 102 Å². The number of aromatic nitrogens is 2. The van der Waals surface area contributed by atoms with Crippen molar-refractivity contribution >= 4 is 5.91 Å². The summed E-state index contributed by atoms with van der Waals surface area (Å²) >= 11 is 0. The first-order chi connectivity index (χ1) is 8.16. The lowest BCUT2D eigenvalue weighted by atomic mass is 10.2. The van der Waals surface area contributed by atoms with Gasteiger partial charge in [0, 0.05) is 37.8 Å². The number of nitrogens with zero attached hydrogens (tertiary/aromatic N) is 2. The summed E-state index contributed by atoms with van der Waals surface area (Å²) < 4.78 is 2.15. The van der Waals surface area contributed by atoms with Crippen LogP contribution in [0, 0.1) is 0 Å². The predicted molar refractivity (Wildman–Crippen MR) is 65.5 cm³/mol. The Kier molecular flexibility index (Phi) is 3.78. The second kappa shape index (κ2) is 5.31. The quantitative estimate of drug-likeness (QED) is 0.796. The molecule has 1 atom stereocenters. The molecule has 0 radical (unpaired) electrons. The third kappa shape index (κ3) is 3.06. The van der Waals surface area contributed by atoms with E-state index in [1.54, 1.807) is 0 Å². The van der Waals surface area contributed by atoms with Gasteiger partial charge in [0.05, 0.1) is 12.0 Å². The Hall–Kier alpha value is -1.36. The summed E-state index contributed by atoms with van der Waals surface area (Å²) in [6.07, 6.45) is 5.35. The monoisotopic (exact) mass is 236 g/mol. The molecule has 5 heteroatoms. The van der Waals surface area contributed by atoms with E-state index in [9.17, 15) is 4.79 Å². The molecule has 1 amide bonds. The van der Waals surface area contributed by atoms with E-state index in [1.165, 1.54) is 5.69 Å². The number of amides is 1. The van der Waals surface area contributed by atoms with Crippen LogP contribution in [0.1, 0.15) is 38.4 Å². The van der Waals surface area contributed by atoms with Gasteiger partial charge in [-0.3, -0.25) is 4.79 Å². The molecule has 0 aromatic carbocycles. The van der Waals surface area contributed by atoms with Gasteiger partial charge < -0.3 is 15.2 Å². The minimum Gasteiger partial charge on any atom is -0.352 e. The largest absolute Gasteiger partial charge is 0.352 e. The van der Waals surface area contributed by atoms with E-state index in [0.29, 0.717) is 12.5 Å². The average molecular weight is 236 g/mol. The van der Waals surface area contributed by atoms with Crippen LogP contribution in [0.5, 0.6) is 0 Å². The standard InChI is InChI=1S/C12H20N4O/c1-9(2)16-8-14-7-11(16)6-13-5-10-3-4-12(17)15-10/h7-10,13H,3-6H2,1-2H3,(H,15,17). The van der Waals surface area contributed by atoms with E-state index in [1.807, 2.05) is 12.5 Å². The minimum atomic E-state index is 0.170. The molecule has 1 unspecified atom stereocenters. The van der Waals surface area contributed by atoms with Crippen molar-refractivity contribution in [1.82, 2.24) is 20.2 Å². The summed E-state index contributed by atoms with van der Waals surface area (Å²) in [7, 11) is 0. The Morgan fingerprint density at radius 2 is 2.47 bits per heavy atom. The van der Waals surface area contributed by atoms with Crippen molar-refractivity contribution < 1.29 is 4.79 Å². The van der Waals surface area contributed by atoms with Crippen LogP contribution >= 0.6 is 0 Å². The van der Waals surface area contributed by atoms with Crippen LogP contribution in [0.15, 0.2) is 12.5 Å². The molecule has 5 nitrogen and oxygen atoms in total. The smallest absolute Gasteiger partial charge is 0.220 e. The van der Waals surface area contributed by atoms with E-state index >= 15 is 0 Å². The Balaban J connectivity index is 1.78. The highest BCUT2D eigenvalue weighted by molar-refractivity contribution is 5.78. The Morgan fingerprint density at radius 1 is 1.65 bits per heavy atom. The molecule has 1 saturated heterocycles. The first kappa shape index (κ1) is 12.1. The molecule has 0 bridgehead atoms. The Morgan fingerprint density at radius 3 is 3.12 bits per heavy atom. The molecular weight excluding hydrogens is 216 g/mol. The highest BCUT2D eigenvalue weighted by Crippen LogP contribution is 2.09. The van der Waals surface area contributed by atoms with Gasteiger partial charge in [-0.2, -0.15) is 0 Å². The van der Waals surface area contributed by atoms with Crippen molar-refractivity contribution in [3.05, 3.63) is 18.2 Å². The number of rotatable bonds is 5. The second-order valence-electron chi connectivity index (χ2n) is 4.82. The zero-order chi connectivity index (χ0) is 12.3. The van der Waals surface area contributed by atoms with Crippen LogP contribution < -0.4 is 10.6 Å². The molecular formula is C12H20N4O. The van der Waals surface area contributed by atoms with Crippen LogP contribution in [0.4, 0.5) is 0 Å². The summed E-state index contributed by atoms with van der Waals surface area (Å²) in [5, 5.41) is 6.32. The van der Waals surface area contributed by atoms with Crippen LogP contribution in [0.2, 0.25) is 0 Å². The summed E-state index contributed by atoms with van der Waals surface area (Å²) in [6, 6.07) is 0.721. The average Bonchev–Trinajstić information content (AvgIpc) is 2.87. The van der Waals surface area contributed by atoms with Crippen molar-refractivity contribution in [2.45, 2.75) is 45.3 Å². The highest BCUT2D eigenvalue weighted by atomic mass is 16.1. The lowest BCUT2D eigenvalue weighted by Gasteiger charge is -2.14. The predicted octanol–water partition coefficient (Wildman–Crippen LogP) is 0.832. The summed E-state index contributed by atoms with van der Waals surface area (Å²) in [5.41, 5.74) is 1.18. The second-order valence-corrected chi connectivity index (χ2v) is 4.82. The molecule has 2 rings (SSSR count). The summed E-state index contributed by atoms with van der Waals surface area (Å²) in [5.74, 6) is 0.170. The van der Waals surface area contributed by atoms with Crippen molar-refractivity contribution in [1.29, 1.82) is 0 Å². The van der Waals surface area contributed by atoms with E-state index < -0.39 is 0 Å². The summed E-state index contributed by atoms with van der Waals surface area (Å²) in [4.78, 5) is 15.2. The van der Waals surface area contributed by atoms with Crippen molar-refractivity contribution in [3.63, 3.8) is 0 Å². The van der Waals surface area contributed by atoms with Crippen LogP contribution in [0.25, 0.3) is 0 Å². The first-order valence-corrected chi connectivity index (χ1v) is 6.17. The molecule has 0 spiro atoms. The third-order valence-corrected chi connectivity index (χ3v) is 3.08. The molecule has 1 aromatic heterocycles. The van der Waals surface area contributed by atoms with Crippen LogP contribution in [-0.4, -0.2) is 28.0 Å². The molecule has 2 N–H and O–H groups in total. The number of carbonyl (C=O) groups is 1. The van der Waals surface area contributed by atoms with E-state index in [2.05, 4.69) is 34.0 Å². The number of hydrogen-bond acceptors (Lipinski definition) is 3. The molecule has 1 aliphatic heterocycles. The maximum absolute atomic E-state index is 11.0. The van der Waals surface area contributed by atoms with Gasteiger partial charge in [0.1, 0.15) is 0 Å². The van der Waals surface area contributed by atoms with E-state index in [0.717, 1.165) is 19.5 Å². The normalized spacial score (nSPS) is 19.9. The van der Waals surface area contributed by atoms with Gasteiger partial charge in [-0.05, 0) is 20.3 Å². The number of nitrogens with one attached hydrogen (secondary N) is 2. The molecule has 0 saturated carbocycles. The van der Waals surface area contributed by atoms with Crippen molar-refractivity contribution in [3.8, 4) is 0 Å². The van der Waals surface area contributed by atoms with Gasteiger partial charge >= 0.3 is 0 Å². The number of carbonyl (C=O) groups excluding carboxylic acids is 1. The lowest BCUT2D eigenvalue weighted by Crippen LogP contribution is -2.35. The lowest BCUT2D eigenvalue weighted by molar-refractivity contribution is -0.119. The van der Waals surface area contributed by atoms with Crippen molar-refractivity contribution in [2.75, 3.05) is 6.54 Å². The van der Waals surface area contributed by atoms with Crippen molar-refractivity contribution in [2.24, 2.45) is 0 Å². The zero-order valence-corrected chi connectivity index (χ0v) is 10.4. The molecule has 0 aliphatic carbocycles. The van der Waals surface area contributed by atoms with Gasteiger partial charge in [-0.25, -0.2) is 4.98 Å². The molecule has 1 fully saturated rings. The van der Waals surface area contributed by atoms with Crippen LogP contribution in [0.3, 0.4) is 0 Å². The maximum atomic E-state index is 11.0. The minimum absolute atomic E-state index is 0.170. The van der Waals surface area contributed by atoms with Gasteiger partial charge in [-0.1, -0.05) is 0 Å². The maximum Gasteiger partial charge on any atom is 0.220 e. The van der Waals surface area contributed by atoms with Gasteiger partial charge in [0.2, 0.25) is 5.91 Å². The molecule has 1 aromatic rings. The van der Waals surface area contributed by atoms with Crippen LogP contribution in [-0.2, 0) is 11.3 Å². The van der Waals surface area contributed by atoms with E-state index in [4.69, 9.17) is 0 Å². The fourth-order valence-corrected chi connectivity index (χ4v) is 2.14. The van der Waals surface area contributed by atoms with Gasteiger partial charge in [-0.15, -0.1) is 0 Å². The fourth-order valence-electron chi connectivity index (χ4n) is 2.14. The SMILES string of the molecule is CC(C)n1cncc1CNCC1CCC(=O)N1. The molecule has 1 aliphatic rings. The topological polar surface area (TPSA) is 59.0 Å². The van der Waals surface area contributed by atoms with Gasteiger partial charge in [0.15, 0.2) is 0 Å². The van der Waals surface area contributed by atoms with Gasteiger partial charge in [0.25, 0.3) is 0 Å². The Bertz CT molecular complexity index is 386. The highest BCUT2D eigenvalue weighted by Gasteiger charge is 2.19. The number of imidazole rings is 1. The first-order valence-electron chi connectivity index (χ1n) is 6.17. The third-order valence-electron chi connectivity index (χ3n) is 3.08. The fraction of sp³-hybridized carbons (Fsp3) is 0.667.